The van der Waals surface area contributed by atoms with E-state index in [1.807, 2.05) is 24.3 Å². The predicted octanol–water partition coefficient (Wildman–Crippen LogP) is 3.01. The monoisotopic (exact) mass is 335 g/mol. The zero-order valence-electron chi connectivity index (χ0n) is 12.5. The van der Waals surface area contributed by atoms with Crippen molar-refractivity contribution >= 4 is 46.3 Å². The van der Waals surface area contributed by atoms with Gasteiger partial charge in [-0.05, 0) is 30.5 Å². The molecule has 1 aliphatic heterocycles. The van der Waals surface area contributed by atoms with E-state index in [9.17, 15) is 9.59 Å². The number of benzene rings is 1. The molecule has 1 saturated heterocycles. The molecule has 0 N–H and O–H groups in total. The van der Waals surface area contributed by atoms with Gasteiger partial charge in [-0.3, -0.25) is 14.5 Å². The molecule has 0 spiro atoms. The molecule has 0 radical (unpaired) electrons. The summed E-state index contributed by atoms with van der Waals surface area (Å²) in [5, 5.41) is 0. The van der Waals surface area contributed by atoms with Gasteiger partial charge < -0.3 is 4.74 Å². The molecule has 1 aromatic rings. The molecule has 1 fully saturated rings. The van der Waals surface area contributed by atoms with Gasteiger partial charge in [0.15, 0.2) is 0 Å². The third-order valence-electron chi connectivity index (χ3n) is 3.15. The summed E-state index contributed by atoms with van der Waals surface area (Å²) in [6.07, 6.45) is 2.77. The lowest BCUT2D eigenvalue weighted by molar-refractivity contribution is -0.145. The molecule has 1 aromatic carbocycles. The lowest BCUT2D eigenvalue weighted by atomic mass is 10.1. The molecule has 0 aliphatic carbocycles. The number of rotatable bonds is 5. The van der Waals surface area contributed by atoms with Gasteiger partial charge in [-0.1, -0.05) is 55.2 Å². The van der Waals surface area contributed by atoms with Crippen LogP contribution in [0.15, 0.2) is 29.2 Å². The molecule has 6 heteroatoms. The fourth-order valence-electron chi connectivity index (χ4n) is 1.97. The van der Waals surface area contributed by atoms with Gasteiger partial charge in [0.05, 0.1) is 11.5 Å². The van der Waals surface area contributed by atoms with Gasteiger partial charge >= 0.3 is 5.97 Å². The Balaban J connectivity index is 2.12. The van der Waals surface area contributed by atoms with Crippen molar-refractivity contribution in [2.24, 2.45) is 0 Å². The Kier molecular flexibility index (Phi) is 5.74. The zero-order chi connectivity index (χ0) is 16.1. The SMILES string of the molecule is CCOC(=O)CN1C(=O)/C(=C/c2ccc(CC)cc2)SC1=S. The minimum absolute atomic E-state index is 0.134. The van der Waals surface area contributed by atoms with E-state index in [0.717, 1.165) is 12.0 Å². The van der Waals surface area contributed by atoms with Crippen LogP contribution in [-0.2, 0) is 20.7 Å². The fraction of sp³-hybridized carbons (Fsp3) is 0.312. The zero-order valence-corrected chi connectivity index (χ0v) is 14.1. The van der Waals surface area contributed by atoms with Gasteiger partial charge in [-0.2, -0.15) is 0 Å². The van der Waals surface area contributed by atoms with Crippen molar-refractivity contribution in [3.8, 4) is 0 Å². The summed E-state index contributed by atoms with van der Waals surface area (Å²) >= 11 is 6.38. The van der Waals surface area contributed by atoms with Crippen molar-refractivity contribution in [2.75, 3.05) is 13.2 Å². The van der Waals surface area contributed by atoms with Crippen LogP contribution >= 0.6 is 24.0 Å². The Labute approximate surface area is 139 Å². The highest BCUT2D eigenvalue weighted by Crippen LogP contribution is 2.32. The van der Waals surface area contributed by atoms with Gasteiger partial charge in [0.25, 0.3) is 5.91 Å². The molecule has 0 atom stereocenters. The Morgan fingerprint density at radius 1 is 1.32 bits per heavy atom. The number of hydrogen-bond donors (Lipinski definition) is 0. The van der Waals surface area contributed by atoms with Crippen LogP contribution in [-0.4, -0.2) is 34.2 Å². The number of ether oxygens (including phenoxy) is 1. The minimum atomic E-state index is -0.452. The Bertz CT molecular complexity index is 623. The van der Waals surface area contributed by atoms with Crippen LogP contribution in [0.1, 0.15) is 25.0 Å². The first-order valence-electron chi connectivity index (χ1n) is 7.05. The van der Waals surface area contributed by atoms with Gasteiger partial charge in [0, 0.05) is 0 Å². The summed E-state index contributed by atoms with van der Waals surface area (Å²) in [6, 6.07) is 8.00. The smallest absolute Gasteiger partial charge is 0.326 e. The lowest BCUT2D eigenvalue weighted by Crippen LogP contribution is -2.34. The second-order valence-electron chi connectivity index (χ2n) is 4.67. The Morgan fingerprint density at radius 3 is 2.59 bits per heavy atom. The molecule has 4 nitrogen and oxygen atoms in total. The molecule has 0 bridgehead atoms. The second kappa shape index (κ2) is 7.56. The number of thiocarbonyl (C=S) groups is 1. The summed E-state index contributed by atoms with van der Waals surface area (Å²) in [5.74, 6) is -0.699. The molecule has 1 aliphatic rings. The normalized spacial score (nSPS) is 16.5. The summed E-state index contributed by atoms with van der Waals surface area (Å²) in [6.45, 7) is 3.97. The quantitative estimate of drug-likeness (QED) is 0.470. The number of hydrogen-bond acceptors (Lipinski definition) is 5. The average Bonchev–Trinajstić information content (AvgIpc) is 2.76. The van der Waals surface area contributed by atoms with Crippen molar-refractivity contribution in [3.05, 3.63) is 40.3 Å². The van der Waals surface area contributed by atoms with E-state index in [1.54, 1.807) is 13.0 Å². The van der Waals surface area contributed by atoms with E-state index in [2.05, 4.69) is 6.92 Å². The van der Waals surface area contributed by atoms with Crippen molar-refractivity contribution in [2.45, 2.75) is 20.3 Å². The van der Waals surface area contributed by atoms with E-state index < -0.39 is 5.97 Å². The highest BCUT2D eigenvalue weighted by Gasteiger charge is 2.33. The number of esters is 1. The van der Waals surface area contributed by atoms with E-state index in [1.165, 1.54) is 22.2 Å². The lowest BCUT2D eigenvalue weighted by Gasteiger charge is -2.12. The van der Waals surface area contributed by atoms with Crippen LogP contribution < -0.4 is 0 Å². The Morgan fingerprint density at radius 2 is 2.00 bits per heavy atom. The molecule has 2 rings (SSSR count). The van der Waals surface area contributed by atoms with Crippen LogP contribution in [0, 0.1) is 0 Å². The molecule has 0 saturated carbocycles. The van der Waals surface area contributed by atoms with Gasteiger partial charge in [-0.15, -0.1) is 0 Å². The number of thioether (sulfide) groups is 1. The molecular formula is C16H17NO3S2. The first kappa shape index (κ1) is 16.7. The van der Waals surface area contributed by atoms with E-state index in [0.29, 0.717) is 9.23 Å². The maximum atomic E-state index is 12.3. The summed E-state index contributed by atoms with van der Waals surface area (Å²) in [5.41, 5.74) is 2.18. The van der Waals surface area contributed by atoms with E-state index in [-0.39, 0.29) is 19.1 Å². The minimum Gasteiger partial charge on any atom is -0.465 e. The van der Waals surface area contributed by atoms with Gasteiger partial charge in [-0.25, -0.2) is 0 Å². The van der Waals surface area contributed by atoms with Gasteiger partial charge in [0.1, 0.15) is 10.9 Å². The van der Waals surface area contributed by atoms with Crippen LogP contribution in [0.5, 0.6) is 0 Å². The standard InChI is InChI=1S/C16H17NO3S2/c1-3-11-5-7-12(8-6-11)9-13-15(19)17(16(21)22-13)10-14(18)20-4-2/h5-9H,3-4,10H2,1-2H3/b13-9-. The average molecular weight is 335 g/mol. The third kappa shape index (κ3) is 3.96. The van der Waals surface area contributed by atoms with Crippen LogP contribution in [0.2, 0.25) is 0 Å². The number of nitrogens with zero attached hydrogens (tertiary/aromatic N) is 1. The maximum Gasteiger partial charge on any atom is 0.326 e. The van der Waals surface area contributed by atoms with Crippen LogP contribution in [0.4, 0.5) is 0 Å². The summed E-state index contributed by atoms with van der Waals surface area (Å²) in [4.78, 5) is 25.7. The third-order valence-corrected chi connectivity index (χ3v) is 4.53. The first-order chi connectivity index (χ1) is 10.5. The van der Waals surface area contributed by atoms with E-state index >= 15 is 0 Å². The molecule has 22 heavy (non-hydrogen) atoms. The van der Waals surface area contributed by atoms with Crippen LogP contribution in [0.25, 0.3) is 6.08 Å². The number of carbonyl (C=O) groups excluding carboxylic acids is 2. The Hall–Kier alpha value is -1.66. The summed E-state index contributed by atoms with van der Waals surface area (Å²) < 4.78 is 5.24. The topological polar surface area (TPSA) is 46.6 Å². The number of aryl methyl sites for hydroxylation is 1. The first-order valence-corrected chi connectivity index (χ1v) is 8.27. The van der Waals surface area contributed by atoms with Crippen molar-refractivity contribution < 1.29 is 14.3 Å². The second-order valence-corrected chi connectivity index (χ2v) is 6.34. The largest absolute Gasteiger partial charge is 0.465 e. The molecule has 116 valence electrons. The van der Waals surface area contributed by atoms with Crippen LogP contribution in [0.3, 0.4) is 0 Å². The van der Waals surface area contributed by atoms with Crippen molar-refractivity contribution in [3.63, 3.8) is 0 Å². The van der Waals surface area contributed by atoms with Gasteiger partial charge in [0.2, 0.25) is 0 Å². The number of carbonyl (C=O) groups is 2. The number of amides is 1. The van der Waals surface area contributed by atoms with Crippen molar-refractivity contribution in [1.29, 1.82) is 0 Å². The maximum absolute atomic E-state index is 12.3. The molecule has 1 heterocycles. The molecule has 1 amide bonds. The highest BCUT2D eigenvalue weighted by atomic mass is 32.2. The fourth-order valence-corrected chi connectivity index (χ4v) is 3.23. The molecular weight excluding hydrogens is 318 g/mol. The summed E-state index contributed by atoms with van der Waals surface area (Å²) in [7, 11) is 0. The van der Waals surface area contributed by atoms with Crippen molar-refractivity contribution in [1.82, 2.24) is 4.90 Å². The van der Waals surface area contributed by atoms with E-state index in [4.69, 9.17) is 17.0 Å². The molecule has 0 aromatic heterocycles. The highest BCUT2D eigenvalue weighted by molar-refractivity contribution is 8.26. The predicted molar refractivity (Wildman–Crippen MR) is 92.3 cm³/mol. The molecule has 0 unspecified atom stereocenters.